The summed E-state index contributed by atoms with van der Waals surface area (Å²) in [4.78, 5) is 81.3. The number of methoxy groups -OCH3 is 1. The molecule has 0 spiro atoms. The van der Waals surface area contributed by atoms with Crippen LogP contribution in [-0.4, -0.2) is 102 Å². The van der Waals surface area contributed by atoms with Crippen LogP contribution in [0.4, 0.5) is 4.79 Å². The van der Waals surface area contributed by atoms with E-state index in [0.717, 1.165) is 32.1 Å². The van der Waals surface area contributed by atoms with Gasteiger partial charge in [-0.05, 0) is 61.7 Å². The van der Waals surface area contributed by atoms with Crippen molar-refractivity contribution in [3.8, 4) is 0 Å². The molecule has 2 aliphatic carbocycles. The zero-order valence-electron chi connectivity index (χ0n) is 30.1. The third kappa shape index (κ3) is 9.82. The van der Waals surface area contributed by atoms with Gasteiger partial charge in [-0.1, -0.05) is 61.3 Å². The van der Waals surface area contributed by atoms with Gasteiger partial charge in [-0.15, -0.1) is 0 Å². The number of nitrogens with zero attached hydrogens (tertiary/aromatic N) is 1. The predicted octanol–water partition coefficient (Wildman–Crippen LogP) is 1.34. The van der Waals surface area contributed by atoms with Gasteiger partial charge in [0.25, 0.3) is 5.91 Å². The van der Waals surface area contributed by atoms with Gasteiger partial charge in [0.15, 0.2) is 6.10 Å². The minimum Gasteiger partial charge on any atom is -0.453 e. The van der Waals surface area contributed by atoms with Crippen molar-refractivity contribution in [1.82, 2.24) is 31.5 Å². The van der Waals surface area contributed by atoms with Crippen LogP contribution in [0.5, 0.6) is 0 Å². The van der Waals surface area contributed by atoms with Crippen LogP contribution in [0.2, 0.25) is 0 Å². The second-order valence-corrected chi connectivity index (χ2v) is 15.9. The highest BCUT2D eigenvalue weighted by molar-refractivity contribution is 5.96. The topological polar surface area (TPSA) is 195 Å². The van der Waals surface area contributed by atoms with Crippen molar-refractivity contribution in [3.05, 3.63) is 0 Å². The van der Waals surface area contributed by atoms with Gasteiger partial charge < -0.3 is 41.3 Å². The van der Waals surface area contributed by atoms with Crippen molar-refractivity contribution >= 4 is 35.6 Å². The fourth-order valence-electron chi connectivity index (χ4n) is 6.74. The molecule has 0 radical (unpaired) electrons. The number of nitrogens with one attached hydrogen (secondary N) is 5. The number of alkyl carbamates (subject to hydrolysis) is 1. The van der Waals surface area contributed by atoms with Crippen LogP contribution in [0.15, 0.2) is 0 Å². The van der Waals surface area contributed by atoms with E-state index in [-0.39, 0.29) is 17.9 Å². The van der Waals surface area contributed by atoms with E-state index in [1.54, 1.807) is 25.7 Å². The van der Waals surface area contributed by atoms with Gasteiger partial charge in [-0.3, -0.25) is 24.0 Å². The molecule has 0 aromatic rings. The summed E-state index contributed by atoms with van der Waals surface area (Å²) < 4.78 is 4.57. The Kier molecular flexibility index (Phi) is 12.9. The van der Waals surface area contributed by atoms with Gasteiger partial charge in [-0.25, -0.2) is 4.79 Å². The molecule has 3 fully saturated rings. The Hall–Kier alpha value is -3.42. The molecule has 1 heterocycles. The predicted molar refractivity (Wildman–Crippen MR) is 178 cm³/mol. The maximum absolute atomic E-state index is 14.5. The number of carbonyl (C=O) groups excluding carboxylic acids is 6. The number of carbonyl (C=O) groups is 6. The van der Waals surface area contributed by atoms with Crippen LogP contribution in [0.25, 0.3) is 0 Å². The lowest BCUT2D eigenvalue weighted by atomic mass is 9.82. The molecule has 1 saturated heterocycles. The molecule has 3 rings (SSSR count). The number of fused-ring (bicyclic) bond motifs is 1. The van der Waals surface area contributed by atoms with E-state index in [2.05, 4.69) is 31.3 Å². The first-order valence-electron chi connectivity index (χ1n) is 17.3. The molecule has 6 amide bonds. The molecule has 2 unspecified atom stereocenters. The average Bonchev–Trinajstić information content (AvgIpc) is 3.56. The van der Waals surface area contributed by atoms with Crippen molar-refractivity contribution in [2.45, 2.75) is 143 Å². The Balaban J connectivity index is 1.84. The third-order valence-electron chi connectivity index (χ3n) is 9.67. The van der Waals surface area contributed by atoms with Crippen molar-refractivity contribution in [2.75, 3.05) is 13.7 Å². The van der Waals surface area contributed by atoms with Gasteiger partial charge in [0.1, 0.15) is 24.2 Å². The molecule has 3 aliphatic rings. The normalized spacial score (nSPS) is 23.9. The Bertz CT molecular complexity index is 1210. The van der Waals surface area contributed by atoms with E-state index in [1.165, 1.54) is 14.0 Å². The molecule has 6 N–H and O–H groups in total. The number of aliphatic hydroxyl groups excluding tert-OH is 1. The largest absolute Gasteiger partial charge is 0.453 e. The summed E-state index contributed by atoms with van der Waals surface area (Å²) in [5.74, 6) is -2.50. The molecule has 0 aromatic heterocycles. The standard InChI is InChI=1S/C34H58N6O8/c1-10-12-22(24(41)29(44)36-20-15-16-20)37-28(43)23-21-14-11-13-19(21)17-40(23)31(46)26(34(6,7)8)39-30(45)25(33(3,4)5)38-27(42)18(2)35-32(47)48-9/h18-26,41H,10-17H2,1-9H3,(H,35,47)(H,36,44)(H,37,43)(H,38,42)(H,39,45)/t18-,19-,21-,22-,23?,24?,25+,26+/m0/s1. The molecule has 14 nitrogen and oxygen atoms in total. The van der Waals surface area contributed by atoms with Crippen molar-refractivity contribution in [2.24, 2.45) is 22.7 Å². The van der Waals surface area contributed by atoms with E-state index in [4.69, 9.17) is 0 Å². The van der Waals surface area contributed by atoms with Crippen LogP contribution in [0, 0.1) is 22.7 Å². The summed E-state index contributed by atoms with van der Waals surface area (Å²) in [6, 6.07) is -4.69. The van der Waals surface area contributed by atoms with Gasteiger partial charge in [0.2, 0.25) is 23.6 Å². The molecule has 8 atom stereocenters. The summed E-state index contributed by atoms with van der Waals surface area (Å²) in [6.45, 7) is 14.5. The van der Waals surface area contributed by atoms with Gasteiger partial charge in [0, 0.05) is 12.6 Å². The Morgan fingerprint density at radius 3 is 1.98 bits per heavy atom. The minimum atomic E-state index is -1.42. The first kappa shape index (κ1) is 39.0. The Labute approximate surface area is 284 Å². The van der Waals surface area contributed by atoms with E-state index in [0.29, 0.717) is 19.4 Å². The zero-order chi connectivity index (χ0) is 36.1. The molecule has 2 saturated carbocycles. The van der Waals surface area contributed by atoms with Crippen LogP contribution < -0.4 is 26.6 Å². The van der Waals surface area contributed by atoms with Crippen LogP contribution >= 0.6 is 0 Å². The Morgan fingerprint density at radius 1 is 0.833 bits per heavy atom. The molecular formula is C34H58N6O8. The highest BCUT2D eigenvalue weighted by Crippen LogP contribution is 2.43. The average molecular weight is 679 g/mol. The maximum Gasteiger partial charge on any atom is 0.407 e. The van der Waals surface area contributed by atoms with Gasteiger partial charge in [0.05, 0.1) is 13.2 Å². The fourth-order valence-corrected chi connectivity index (χ4v) is 6.74. The number of hydrogen-bond donors (Lipinski definition) is 6. The quantitative estimate of drug-likeness (QED) is 0.168. The molecule has 1 aliphatic heterocycles. The lowest BCUT2D eigenvalue weighted by Crippen LogP contribution is -2.63. The number of ether oxygens (including phenoxy) is 1. The summed E-state index contributed by atoms with van der Waals surface area (Å²) in [5, 5.41) is 24.6. The number of hydrogen-bond acceptors (Lipinski definition) is 8. The first-order valence-corrected chi connectivity index (χ1v) is 17.3. The van der Waals surface area contributed by atoms with E-state index in [1.807, 2.05) is 27.7 Å². The molecule has 0 bridgehead atoms. The summed E-state index contributed by atoms with van der Waals surface area (Å²) in [5.41, 5.74) is -1.55. The van der Waals surface area contributed by atoms with Crippen LogP contribution in [0.3, 0.4) is 0 Å². The molecule has 0 aromatic carbocycles. The molecular weight excluding hydrogens is 620 g/mol. The minimum absolute atomic E-state index is 0.0583. The molecule has 14 heteroatoms. The lowest BCUT2D eigenvalue weighted by Gasteiger charge is -2.39. The summed E-state index contributed by atoms with van der Waals surface area (Å²) in [7, 11) is 1.18. The maximum atomic E-state index is 14.5. The molecule has 272 valence electrons. The highest BCUT2D eigenvalue weighted by Gasteiger charge is 2.52. The SMILES string of the molecule is CCC[C@H](NC(=O)C1[C@H]2CCC[C@H]2CN1C(=O)[C@@H](NC(=O)[C@@H](NC(=O)[C@H](C)NC(=O)OC)C(C)(C)C)C(C)(C)C)C(O)C(=O)NC1CC1. The second-order valence-electron chi connectivity index (χ2n) is 15.9. The second kappa shape index (κ2) is 15.9. The first-order chi connectivity index (χ1) is 22.3. The summed E-state index contributed by atoms with van der Waals surface area (Å²) in [6.07, 6.45) is 3.09. The van der Waals surface area contributed by atoms with E-state index >= 15 is 0 Å². The monoisotopic (exact) mass is 678 g/mol. The lowest BCUT2D eigenvalue weighted by molar-refractivity contribution is -0.146. The summed E-state index contributed by atoms with van der Waals surface area (Å²) >= 11 is 0. The van der Waals surface area contributed by atoms with Gasteiger partial charge >= 0.3 is 6.09 Å². The van der Waals surface area contributed by atoms with Crippen LogP contribution in [0.1, 0.15) is 100 Å². The van der Waals surface area contributed by atoms with Gasteiger partial charge in [-0.2, -0.15) is 0 Å². The highest BCUT2D eigenvalue weighted by atomic mass is 16.5. The smallest absolute Gasteiger partial charge is 0.407 e. The van der Waals surface area contributed by atoms with Crippen molar-refractivity contribution in [3.63, 3.8) is 0 Å². The zero-order valence-corrected chi connectivity index (χ0v) is 30.1. The number of amides is 6. The third-order valence-corrected chi connectivity index (χ3v) is 9.67. The number of aliphatic hydroxyl groups is 1. The van der Waals surface area contributed by atoms with Crippen LogP contribution in [-0.2, 0) is 28.7 Å². The molecule has 48 heavy (non-hydrogen) atoms. The van der Waals surface area contributed by atoms with Crippen molar-refractivity contribution in [1.29, 1.82) is 0 Å². The van der Waals surface area contributed by atoms with Crippen molar-refractivity contribution < 1.29 is 38.6 Å². The number of rotatable bonds is 13. The Morgan fingerprint density at radius 2 is 1.44 bits per heavy atom. The van der Waals surface area contributed by atoms with E-state index in [9.17, 15) is 33.9 Å². The van der Waals surface area contributed by atoms with E-state index < -0.39 is 82.8 Å². The fraction of sp³-hybridized carbons (Fsp3) is 0.824. The number of likely N-dealkylation sites (tertiary alicyclic amines) is 1.